The zero-order chi connectivity index (χ0) is 41.8. The van der Waals surface area contributed by atoms with E-state index in [2.05, 4.69) is 52.4 Å². The Morgan fingerprint density at radius 1 is 0.456 bits per heavy atom. The molecular weight excluding hydrogens is 777 g/mol. The summed E-state index contributed by atoms with van der Waals surface area (Å²) < 4.78 is 33.9. The van der Waals surface area contributed by atoms with Gasteiger partial charge in [-0.25, -0.2) is 0 Å². The normalized spacial score (nSPS) is 14.8. The molecule has 0 heterocycles. The Bertz CT molecular complexity index is 1710. The minimum atomic E-state index is -2.63. The summed E-state index contributed by atoms with van der Waals surface area (Å²) in [6, 6.07) is 40.5. The maximum absolute atomic E-state index is 14.2. The number of Topliss-reactive ketones (excluding diaryl/α,β-unsaturated/α-hetero) is 2. The van der Waals surface area contributed by atoms with Crippen LogP contribution in [0.25, 0.3) is 0 Å². The van der Waals surface area contributed by atoms with Crippen molar-refractivity contribution >= 4 is 45.3 Å². The van der Waals surface area contributed by atoms with Crippen LogP contribution in [0.2, 0.25) is 64.5 Å². The van der Waals surface area contributed by atoms with E-state index in [1.54, 1.807) is 0 Å². The van der Waals surface area contributed by atoms with Crippen LogP contribution in [0.3, 0.4) is 0 Å². The molecule has 4 aromatic carbocycles. The van der Waals surface area contributed by atoms with Crippen molar-refractivity contribution in [1.82, 2.24) is 0 Å². The lowest BCUT2D eigenvalue weighted by Gasteiger charge is -2.41. The number of carbonyl (C=O) groups is 2. The Kier molecular flexibility index (Phi) is 16.5. The number of rotatable bonds is 24. The van der Waals surface area contributed by atoms with Gasteiger partial charge in [-0.15, -0.1) is 0 Å². The standard InChI is InChI=1S/C46H66O7Si4/c1-11-49-45(41-31-21-15-22-32-41,43(47)39-27-17-13-18-28-39)35-25-37-54(3,4)51-56(7,8)53-57(9,10)52-55(5,6)38-26-36-46(50-12-2,42-33-23-16-24-34-42)44(48)40-29-19-14-20-30-40/h13-24,27-34H,11-12,25-26,35-38H2,1-10H3. The summed E-state index contributed by atoms with van der Waals surface area (Å²) in [5, 5.41) is 0. The van der Waals surface area contributed by atoms with Gasteiger partial charge in [0.25, 0.3) is 0 Å². The van der Waals surface area contributed by atoms with Crippen LogP contribution >= 0.6 is 0 Å². The third-order valence-electron chi connectivity index (χ3n) is 10.2. The number of hydrogen-bond donors (Lipinski definition) is 0. The topological polar surface area (TPSA) is 80.3 Å². The highest BCUT2D eigenvalue weighted by atomic mass is 28.5. The first-order valence-corrected chi connectivity index (χ1v) is 32.5. The fourth-order valence-corrected chi connectivity index (χ4v) is 27.7. The summed E-state index contributed by atoms with van der Waals surface area (Å²) in [7, 11) is -9.78. The Balaban J connectivity index is 1.41. The summed E-state index contributed by atoms with van der Waals surface area (Å²) in [5.74, 6) is -0.0320. The fraction of sp³-hybridized carbons (Fsp3) is 0.435. The molecule has 2 atom stereocenters. The van der Waals surface area contributed by atoms with E-state index in [4.69, 9.17) is 21.8 Å². The van der Waals surface area contributed by atoms with E-state index in [1.165, 1.54) is 0 Å². The molecule has 4 aromatic rings. The molecule has 4 rings (SSSR count). The van der Waals surface area contributed by atoms with Crippen molar-refractivity contribution in [2.45, 2.75) is 115 Å². The van der Waals surface area contributed by atoms with Gasteiger partial charge in [0.15, 0.2) is 39.4 Å². The predicted molar refractivity (Wildman–Crippen MR) is 242 cm³/mol. The third kappa shape index (κ3) is 12.9. The van der Waals surface area contributed by atoms with Gasteiger partial charge in [-0.2, -0.15) is 0 Å². The van der Waals surface area contributed by atoms with E-state index in [0.29, 0.717) is 37.2 Å². The Morgan fingerprint density at radius 3 is 1.05 bits per heavy atom. The molecule has 0 saturated carbocycles. The zero-order valence-corrected chi connectivity index (χ0v) is 40.1. The van der Waals surface area contributed by atoms with Crippen molar-refractivity contribution in [1.29, 1.82) is 0 Å². The fourth-order valence-electron chi connectivity index (χ4n) is 8.37. The third-order valence-corrected chi connectivity index (χ3v) is 25.6. The molecule has 0 radical (unpaired) electrons. The van der Waals surface area contributed by atoms with E-state index >= 15 is 0 Å². The van der Waals surface area contributed by atoms with Gasteiger partial charge in [-0.05, 0) is 102 Å². The van der Waals surface area contributed by atoms with Gasteiger partial charge < -0.3 is 21.8 Å². The van der Waals surface area contributed by atoms with Crippen LogP contribution in [-0.2, 0) is 33.0 Å². The first-order chi connectivity index (χ1) is 26.9. The van der Waals surface area contributed by atoms with Crippen LogP contribution in [0.1, 0.15) is 71.4 Å². The van der Waals surface area contributed by atoms with Crippen LogP contribution in [0.4, 0.5) is 0 Å². The molecule has 7 nitrogen and oxygen atoms in total. The second-order valence-electron chi connectivity index (χ2n) is 17.0. The van der Waals surface area contributed by atoms with Crippen LogP contribution in [0.15, 0.2) is 121 Å². The first-order valence-electron chi connectivity index (χ1n) is 20.6. The summed E-state index contributed by atoms with van der Waals surface area (Å²) in [6.45, 7) is 22.3. The van der Waals surface area contributed by atoms with Crippen molar-refractivity contribution in [2.24, 2.45) is 0 Å². The lowest BCUT2D eigenvalue weighted by atomic mass is 9.82. The van der Waals surface area contributed by atoms with Crippen molar-refractivity contribution in [2.75, 3.05) is 13.2 Å². The summed E-state index contributed by atoms with van der Waals surface area (Å²) in [6.07, 6.45) is 2.65. The maximum Gasteiger partial charge on any atom is 0.312 e. The lowest BCUT2D eigenvalue weighted by molar-refractivity contribution is -0.0298. The highest BCUT2D eigenvalue weighted by molar-refractivity contribution is 6.89. The van der Waals surface area contributed by atoms with E-state index in [1.807, 2.05) is 135 Å². The molecule has 0 spiro atoms. The first kappa shape index (κ1) is 46.6. The molecule has 0 fully saturated rings. The quantitative estimate of drug-likeness (QED) is 0.0513. The Hall–Kier alpha value is -3.11. The molecule has 0 saturated heterocycles. The van der Waals surface area contributed by atoms with Crippen LogP contribution in [0, 0.1) is 0 Å². The summed E-state index contributed by atoms with van der Waals surface area (Å²) in [5.41, 5.74) is 0.886. The molecule has 308 valence electrons. The average Bonchev–Trinajstić information content (AvgIpc) is 3.16. The van der Waals surface area contributed by atoms with Gasteiger partial charge in [-0.3, -0.25) is 9.59 Å². The van der Waals surface area contributed by atoms with Gasteiger partial charge in [0, 0.05) is 24.3 Å². The smallest absolute Gasteiger partial charge is 0.312 e. The van der Waals surface area contributed by atoms with Gasteiger partial charge in [-0.1, -0.05) is 134 Å². The molecule has 0 aliphatic carbocycles. The average molecular weight is 843 g/mol. The molecule has 0 aliphatic rings. The van der Waals surface area contributed by atoms with Crippen molar-refractivity contribution in [3.05, 3.63) is 144 Å². The second kappa shape index (κ2) is 20.2. The van der Waals surface area contributed by atoms with E-state index in [0.717, 1.165) is 36.1 Å². The minimum Gasteiger partial charge on any atom is -0.436 e. The number of carbonyl (C=O) groups excluding carboxylic acids is 2. The number of hydrogen-bond acceptors (Lipinski definition) is 7. The largest absolute Gasteiger partial charge is 0.436 e. The highest BCUT2D eigenvalue weighted by Crippen LogP contribution is 2.39. The molecular formula is C46H66O7Si4. The minimum absolute atomic E-state index is 0.0160. The molecule has 2 unspecified atom stereocenters. The van der Waals surface area contributed by atoms with Crippen LogP contribution in [-0.4, -0.2) is 58.5 Å². The van der Waals surface area contributed by atoms with Gasteiger partial charge >= 0.3 is 17.1 Å². The number of ether oxygens (including phenoxy) is 2. The van der Waals surface area contributed by atoms with E-state index in [-0.39, 0.29) is 11.6 Å². The molecule has 57 heavy (non-hydrogen) atoms. The monoisotopic (exact) mass is 842 g/mol. The van der Waals surface area contributed by atoms with E-state index < -0.39 is 45.0 Å². The summed E-state index contributed by atoms with van der Waals surface area (Å²) >= 11 is 0. The SMILES string of the molecule is CCOC(CCC[Si](C)(C)O[Si](C)(C)O[Si](C)(C)O[Si](C)(C)CCCC(OCC)(C(=O)c1ccccc1)c1ccccc1)(C(=O)c1ccccc1)c1ccccc1. The van der Waals surface area contributed by atoms with Crippen LogP contribution in [0.5, 0.6) is 0 Å². The summed E-state index contributed by atoms with van der Waals surface area (Å²) in [4.78, 5) is 28.4. The number of benzene rings is 4. The van der Waals surface area contributed by atoms with Crippen molar-refractivity contribution in [3.63, 3.8) is 0 Å². The molecule has 0 aliphatic heterocycles. The zero-order valence-electron chi connectivity index (χ0n) is 36.1. The van der Waals surface area contributed by atoms with Crippen molar-refractivity contribution < 1.29 is 31.4 Å². The van der Waals surface area contributed by atoms with Crippen LogP contribution < -0.4 is 0 Å². The molecule has 0 bridgehead atoms. The highest BCUT2D eigenvalue weighted by Gasteiger charge is 2.46. The Labute approximate surface area is 347 Å². The van der Waals surface area contributed by atoms with Gasteiger partial charge in [0.2, 0.25) is 0 Å². The molecule has 11 heteroatoms. The number of ketones is 2. The Morgan fingerprint density at radius 2 is 0.754 bits per heavy atom. The molecule has 0 N–H and O–H groups in total. The lowest BCUT2D eigenvalue weighted by Crippen LogP contribution is -2.56. The van der Waals surface area contributed by atoms with E-state index in [9.17, 15) is 9.59 Å². The maximum atomic E-state index is 14.2. The molecule has 0 amide bonds. The molecule has 0 aromatic heterocycles. The predicted octanol–water partition coefficient (Wildman–Crippen LogP) is 12.0. The van der Waals surface area contributed by atoms with Gasteiger partial charge in [0.1, 0.15) is 0 Å². The second-order valence-corrected chi connectivity index (χ2v) is 33.1. The van der Waals surface area contributed by atoms with Crippen molar-refractivity contribution in [3.8, 4) is 0 Å². The van der Waals surface area contributed by atoms with Gasteiger partial charge in [0.05, 0.1) is 0 Å².